The Morgan fingerprint density at radius 3 is 2.63 bits per heavy atom. The molecule has 102 valence electrons. The van der Waals surface area contributed by atoms with Crippen molar-refractivity contribution in [1.29, 1.82) is 0 Å². The zero-order valence-corrected chi connectivity index (χ0v) is 12.3. The van der Waals surface area contributed by atoms with Crippen LogP contribution in [0.2, 0.25) is 0 Å². The van der Waals surface area contributed by atoms with E-state index in [2.05, 4.69) is 41.8 Å². The molecule has 0 heterocycles. The molecule has 0 saturated heterocycles. The van der Waals surface area contributed by atoms with E-state index < -0.39 is 0 Å². The highest BCUT2D eigenvalue weighted by Gasteiger charge is 2.39. The van der Waals surface area contributed by atoms with Crippen molar-refractivity contribution in [2.75, 3.05) is 0 Å². The van der Waals surface area contributed by atoms with Gasteiger partial charge in [-0.25, -0.2) is 0 Å². The molecular weight excluding hydrogens is 252 g/mol. The van der Waals surface area contributed by atoms with Gasteiger partial charge in [0, 0.05) is 12.6 Å². The van der Waals surface area contributed by atoms with E-state index in [1.807, 2.05) is 0 Å². The van der Waals surface area contributed by atoms with Crippen LogP contribution < -0.4 is 10.6 Å². The predicted molar refractivity (Wildman–Crippen MR) is 83.0 cm³/mol. The highest BCUT2D eigenvalue weighted by molar-refractivity contribution is 7.80. The number of hydrogen-bond donors (Lipinski definition) is 2. The Morgan fingerprint density at radius 1 is 1.21 bits per heavy atom. The maximum atomic E-state index is 5.41. The predicted octanol–water partition coefficient (Wildman–Crippen LogP) is 3.15. The summed E-state index contributed by atoms with van der Waals surface area (Å²) in [5.74, 6) is 1.83. The monoisotopic (exact) mass is 274 g/mol. The van der Waals surface area contributed by atoms with Crippen LogP contribution in [-0.2, 0) is 6.54 Å². The minimum Gasteiger partial charge on any atom is -0.360 e. The molecule has 2 fully saturated rings. The first-order valence-corrected chi connectivity index (χ1v) is 7.71. The van der Waals surface area contributed by atoms with Crippen LogP contribution in [0, 0.1) is 18.8 Å². The van der Waals surface area contributed by atoms with Gasteiger partial charge in [0.1, 0.15) is 0 Å². The molecule has 2 saturated carbocycles. The maximum absolute atomic E-state index is 5.41. The Morgan fingerprint density at radius 2 is 2.00 bits per heavy atom. The lowest BCUT2D eigenvalue weighted by Crippen LogP contribution is -2.43. The molecule has 2 N–H and O–H groups in total. The van der Waals surface area contributed by atoms with E-state index in [-0.39, 0.29) is 0 Å². The molecule has 0 aliphatic heterocycles. The second-order valence-electron chi connectivity index (χ2n) is 6.09. The molecule has 19 heavy (non-hydrogen) atoms. The molecule has 3 heteroatoms. The number of benzene rings is 1. The molecule has 2 aliphatic rings. The fourth-order valence-electron chi connectivity index (χ4n) is 3.53. The summed E-state index contributed by atoms with van der Waals surface area (Å²) >= 11 is 5.41. The molecule has 1 aromatic carbocycles. The van der Waals surface area contributed by atoms with E-state index in [1.165, 1.54) is 36.8 Å². The van der Waals surface area contributed by atoms with E-state index in [1.54, 1.807) is 0 Å². The summed E-state index contributed by atoms with van der Waals surface area (Å²) in [5, 5.41) is 7.66. The number of aryl methyl sites for hydroxylation is 1. The molecule has 3 unspecified atom stereocenters. The Hall–Kier alpha value is -1.09. The van der Waals surface area contributed by atoms with Crippen molar-refractivity contribution >= 4 is 17.3 Å². The quantitative estimate of drug-likeness (QED) is 0.828. The van der Waals surface area contributed by atoms with E-state index in [9.17, 15) is 0 Å². The van der Waals surface area contributed by atoms with Crippen molar-refractivity contribution in [3.05, 3.63) is 35.4 Å². The average molecular weight is 274 g/mol. The van der Waals surface area contributed by atoms with Gasteiger partial charge in [-0.3, -0.25) is 0 Å². The number of nitrogens with one attached hydrogen (secondary N) is 2. The third-order valence-electron chi connectivity index (χ3n) is 4.63. The summed E-state index contributed by atoms with van der Waals surface area (Å²) in [6.45, 7) is 2.92. The number of rotatable bonds is 3. The minimum atomic E-state index is 0.622. The summed E-state index contributed by atoms with van der Waals surface area (Å²) in [4.78, 5) is 0. The smallest absolute Gasteiger partial charge is 0.166 e. The summed E-state index contributed by atoms with van der Waals surface area (Å²) in [5.41, 5.74) is 2.58. The van der Waals surface area contributed by atoms with E-state index in [0.29, 0.717) is 6.04 Å². The van der Waals surface area contributed by atoms with Crippen LogP contribution in [0.15, 0.2) is 24.3 Å². The van der Waals surface area contributed by atoms with Gasteiger partial charge in [-0.2, -0.15) is 0 Å². The van der Waals surface area contributed by atoms with E-state index >= 15 is 0 Å². The summed E-state index contributed by atoms with van der Waals surface area (Å²) in [6, 6.07) is 9.22. The van der Waals surface area contributed by atoms with Gasteiger partial charge in [0.2, 0.25) is 0 Å². The van der Waals surface area contributed by atoms with Crippen LogP contribution >= 0.6 is 12.2 Å². The van der Waals surface area contributed by atoms with Crippen molar-refractivity contribution in [3.8, 4) is 0 Å². The van der Waals surface area contributed by atoms with Crippen molar-refractivity contribution in [3.63, 3.8) is 0 Å². The molecule has 0 amide bonds. The Balaban J connectivity index is 1.45. The third kappa shape index (κ3) is 3.08. The van der Waals surface area contributed by atoms with Gasteiger partial charge < -0.3 is 10.6 Å². The first kappa shape index (κ1) is 12.9. The molecule has 2 bridgehead atoms. The number of hydrogen-bond acceptors (Lipinski definition) is 1. The van der Waals surface area contributed by atoms with Gasteiger partial charge in [-0.05, 0) is 55.8 Å². The molecule has 3 atom stereocenters. The fourth-order valence-corrected chi connectivity index (χ4v) is 3.75. The maximum Gasteiger partial charge on any atom is 0.166 e. The SMILES string of the molecule is Cc1ccc(CNC(=S)NC2CC3CCC2C3)cc1. The Labute approximate surface area is 121 Å². The second-order valence-corrected chi connectivity index (χ2v) is 6.50. The largest absolute Gasteiger partial charge is 0.360 e. The zero-order chi connectivity index (χ0) is 13.2. The standard InChI is InChI=1S/C16H22N2S/c1-11-2-4-12(5-3-11)10-17-16(19)18-15-9-13-6-7-14(15)8-13/h2-5,13-15H,6-10H2,1H3,(H2,17,18,19). The fraction of sp³-hybridized carbons (Fsp3) is 0.562. The van der Waals surface area contributed by atoms with Crippen LogP contribution in [0.5, 0.6) is 0 Å². The topological polar surface area (TPSA) is 24.1 Å². The highest BCUT2D eigenvalue weighted by atomic mass is 32.1. The summed E-state index contributed by atoms with van der Waals surface area (Å²) < 4.78 is 0. The van der Waals surface area contributed by atoms with Crippen molar-refractivity contribution in [2.24, 2.45) is 11.8 Å². The molecular formula is C16H22N2S. The van der Waals surface area contributed by atoms with Gasteiger partial charge in [0.25, 0.3) is 0 Å². The third-order valence-corrected chi connectivity index (χ3v) is 4.89. The summed E-state index contributed by atoms with van der Waals surface area (Å²) in [6.07, 6.45) is 5.56. The first-order chi connectivity index (χ1) is 9.20. The molecule has 0 spiro atoms. The average Bonchev–Trinajstić information content (AvgIpc) is 3.00. The van der Waals surface area contributed by atoms with Gasteiger partial charge >= 0.3 is 0 Å². The van der Waals surface area contributed by atoms with Gasteiger partial charge in [0.15, 0.2) is 5.11 Å². The van der Waals surface area contributed by atoms with E-state index in [0.717, 1.165) is 23.5 Å². The zero-order valence-electron chi connectivity index (χ0n) is 11.5. The molecule has 0 radical (unpaired) electrons. The van der Waals surface area contributed by atoms with Gasteiger partial charge in [0.05, 0.1) is 0 Å². The Bertz CT molecular complexity index is 454. The van der Waals surface area contributed by atoms with Crippen LogP contribution in [0.4, 0.5) is 0 Å². The van der Waals surface area contributed by atoms with Crippen molar-refractivity contribution < 1.29 is 0 Å². The second kappa shape index (κ2) is 5.49. The van der Waals surface area contributed by atoms with Crippen LogP contribution in [-0.4, -0.2) is 11.2 Å². The lowest BCUT2D eigenvalue weighted by Gasteiger charge is -2.24. The summed E-state index contributed by atoms with van der Waals surface area (Å²) in [7, 11) is 0. The van der Waals surface area contributed by atoms with Gasteiger partial charge in [-0.1, -0.05) is 36.2 Å². The molecule has 2 aliphatic carbocycles. The normalized spacial score (nSPS) is 28.4. The van der Waals surface area contributed by atoms with Crippen molar-refractivity contribution in [1.82, 2.24) is 10.6 Å². The molecule has 1 aromatic rings. The molecule has 3 rings (SSSR count). The van der Waals surface area contributed by atoms with Gasteiger partial charge in [-0.15, -0.1) is 0 Å². The lowest BCUT2D eigenvalue weighted by molar-refractivity contribution is 0.389. The minimum absolute atomic E-state index is 0.622. The van der Waals surface area contributed by atoms with Crippen LogP contribution in [0.1, 0.15) is 36.8 Å². The van der Waals surface area contributed by atoms with E-state index in [4.69, 9.17) is 12.2 Å². The molecule has 2 nitrogen and oxygen atoms in total. The number of fused-ring (bicyclic) bond motifs is 2. The van der Waals surface area contributed by atoms with Crippen LogP contribution in [0.25, 0.3) is 0 Å². The number of thiocarbonyl (C=S) groups is 1. The lowest BCUT2D eigenvalue weighted by atomic mass is 9.96. The first-order valence-electron chi connectivity index (χ1n) is 7.30. The van der Waals surface area contributed by atoms with Crippen LogP contribution in [0.3, 0.4) is 0 Å². The Kier molecular flexibility index (Phi) is 3.74. The molecule has 0 aromatic heterocycles. The van der Waals surface area contributed by atoms with Crippen molar-refractivity contribution in [2.45, 2.75) is 45.2 Å². The highest BCUT2D eigenvalue weighted by Crippen LogP contribution is 2.44.